The highest BCUT2D eigenvalue weighted by Gasteiger charge is 2.35. The molecule has 3 heterocycles. The Morgan fingerprint density at radius 2 is 1.55 bits per heavy atom. The molecular weight excluding hydrogens is 599 g/mol. The number of aromatic nitrogens is 3. The highest BCUT2D eigenvalue weighted by Crippen LogP contribution is 2.34. The van der Waals surface area contributed by atoms with Crippen molar-refractivity contribution in [3.63, 3.8) is 0 Å². The number of aryl methyl sites for hydroxylation is 1. The summed E-state index contributed by atoms with van der Waals surface area (Å²) in [4.78, 5) is 32.4. The van der Waals surface area contributed by atoms with Crippen molar-refractivity contribution in [2.24, 2.45) is 7.05 Å². The van der Waals surface area contributed by atoms with Gasteiger partial charge in [-0.1, -0.05) is 66.7 Å². The Bertz CT molecular complexity index is 1920. The minimum Gasteiger partial charge on any atom is -0.473 e. The summed E-state index contributed by atoms with van der Waals surface area (Å²) in [7, 11) is 1.69. The molecule has 0 spiro atoms. The number of ether oxygens (including phenoxy) is 3. The minimum atomic E-state index is -1.28. The molecule has 0 aliphatic carbocycles. The quantitative estimate of drug-likeness (QED) is 0.183. The van der Waals surface area contributed by atoms with Crippen molar-refractivity contribution in [1.29, 1.82) is 0 Å². The smallest absolute Gasteiger partial charge is 0.410 e. The maximum absolute atomic E-state index is 15.6. The Balaban J connectivity index is 1.30. The van der Waals surface area contributed by atoms with Crippen LogP contribution in [0, 0.1) is 0 Å². The first-order chi connectivity index (χ1) is 22.6. The number of piperidine rings is 1. The van der Waals surface area contributed by atoms with Crippen molar-refractivity contribution in [1.82, 2.24) is 19.0 Å². The normalized spacial score (nSPS) is 16.7. The topological polar surface area (TPSA) is 87.8 Å². The lowest BCUT2D eigenvalue weighted by atomic mass is 9.88. The number of amides is 1. The number of pyridine rings is 1. The van der Waals surface area contributed by atoms with Gasteiger partial charge in [0.15, 0.2) is 0 Å². The number of fused-ring (bicyclic) bond motifs is 1. The van der Waals surface area contributed by atoms with Crippen LogP contribution >= 0.6 is 0 Å². The van der Waals surface area contributed by atoms with E-state index < -0.39 is 23.8 Å². The second-order valence-electron chi connectivity index (χ2n) is 12.8. The van der Waals surface area contributed by atoms with E-state index in [0.717, 1.165) is 16.7 Å². The lowest BCUT2D eigenvalue weighted by molar-refractivity contribution is 0.0111. The number of halogens is 1. The van der Waals surface area contributed by atoms with E-state index in [1.807, 2.05) is 78.9 Å². The molecule has 47 heavy (non-hydrogen) atoms. The SMILES string of the molecule is Cn1c(=O)n(-c2ccc(OCc3ccccc3)nc2OCc2ccccc2)c2ccc([C@@H]3CCN(C(=O)OC(C)(C)C)C[C@H]3F)cc21. The van der Waals surface area contributed by atoms with Gasteiger partial charge in [-0.3, -0.25) is 9.13 Å². The molecule has 0 radical (unpaired) electrons. The molecule has 1 amide bonds. The number of imidazole rings is 1. The summed E-state index contributed by atoms with van der Waals surface area (Å²) in [5.41, 5.74) is 3.51. The number of hydrogen-bond donors (Lipinski definition) is 0. The molecule has 3 aromatic carbocycles. The van der Waals surface area contributed by atoms with Crippen molar-refractivity contribution in [2.75, 3.05) is 13.1 Å². The second-order valence-corrected chi connectivity index (χ2v) is 12.8. The first-order valence-corrected chi connectivity index (χ1v) is 15.8. The fraction of sp³-hybridized carbons (Fsp3) is 0.324. The van der Waals surface area contributed by atoms with Crippen LogP contribution in [-0.2, 0) is 25.0 Å². The minimum absolute atomic E-state index is 0.0516. The summed E-state index contributed by atoms with van der Waals surface area (Å²) in [6, 6.07) is 28.5. The predicted molar refractivity (Wildman–Crippen MR) is 178 cm³/mol. The lowest BCUT2D eigenvalue weighted by Gasteiger charge is -2.35. The van der Waals surface area contributed by atoms with Crippen molar-refractivity contribution < 1.29 is 23.4 Å². The maximum atomic E-state index is 15.6. The molecule has 9 nitrogen and oxygen atoms in total. The zero-order valence-electron chi connectivity index (χ0n) is 27.1. The molecule has 0 bridgehead atoms. The van der Waals surface area contributed by atoms with Gasteiger partial charge in [-0.05, 0) is 62.1 Å². The van der Waals surface area contributed by atoms with Gasteiger partial charge in [0, 0.05) is 25.6 Å². The third kappa shape index (κ3) is 7.16. The van der Waals surface area contributed by atoms with Gasteiger partial charge in [0.05, 0.1) is 17.6 Å². The Hall–Kier alpha value is -5.12. The van der Waals surface area contributed by atoms with Gasteiger partial charge < -0.3 is 19.1 Å². The van der Waals surface area contributed by atoms with Crippen LogP contribution in [-0.4, -0.2) is 50.0 Å². The van der Waals surface area contributed by atoms with E-state index in [9.17, 15) is 9.59 Å². The molecule has 1 aliphatic heterocycles. The molecule has 1 saturated heterocycles. The van der Waals surface area contributed by atoms with E-state index in [0.29, 0.717) is 42.2 Å². The summed E-state index contributed by atoms with van der Waals surface area (Å²) in [5.74, 6) is 0.184. The molecule has 244 valence electrons. The third-order valence-electron chi connectivity index (χ3n) is 8.20. The first kappa shape index (κ1) is 31.8. The van der Waals surface area contributed by atoms with Crippen molar-refractivity contribution in [2.45, 2.75) is 58.1 Å². The molecule has 1 aliphatic rings. The number of likely N-dealkylation sites (tertiary alicyclic amines) is 1. The number of carbonyl (C=O) groups is 1. The summed E-state index contributed by atoms with van der Waals surface area (Å²) in [6.45, 7) is 6.27. The van der Waals surface area contributed by atoms with E-state index in [-0.39, 0.29) is 24.7 Å². The zero-order chi connectivity index (χ0) is 33.1. The molecule has 0 saturated carbocycles. The summed E-state index contributed by atoms with van der Waals surface area (Å²) >= 11 is 0. The molecule has 5 aromatic rings. The van der Waals surface area contributed by atoms with Crippen molar-refractivity contribution in [3.05, 3.63) is 118 Å². The Morgan fingerprint density at radius 3 is 2.19 bits per heavy atom. The first-order valence-electron chi connectivity index (χ1n) is 15.8. The van der Waals surface area contributed by atoms with Crippen molar-refractivity contribution >= 4 is 17.1 Å². The number of benzene rings is 3. The van der Waals surface area contributed by atoms with Crippen LogP contribution in [0.4, 0.5) is 9.18 Å². The van der Waals surface area contributed by atoms with Crippen LogP contribution in [0.3, 0.4) is 0 Å². The van der Waals surface area contributed by atoms with E-state index in [1.54, 1.807) is 49.1 Å². The largest absolute Gasteiger partial charge is 0.473 e. The van der Waals surface area contributed by atoms with Gasteiger partial charge in [-0.25, -0.2) is 14.0 Å². The van der Waals surface area contributed by atoms with Crippen LogP contribution in [0.25, 0.3) is 16.7 Å². The average Bonchev–Trinajstić information content (AvgIpc) is 3.31. The fourth-order valence-electron chi connectivity index (χ4n) is 5.82. The Labute approximate surface area is 273 Å². The number of hydrogen-bond acceptors (Lipinski definition) is 6. The third-order valence-corrected chi connectivity index (χ3v) is 8.20. The van der Waals surface area contributed by atoms with Crippen LogP contribution in [0.2, 0.25) is 0 Å². The number of alkyl halides is 1. The van der Waals surface area contributed by atoms with E-state index >= 15 is 4.39 Å². The standard InChI is InChI=1S/C37H39FN4O5/c1-37(2,3)47-36(44)41-20-19-28(29(38)22-41)27-15-16-30-32(21-27)40(4)35(43)42(30)31-17-18-33(45-23-25-11-7-5-8-12-25)39-34(31)46-24-26-13-9-6-10-14-26/h5-18,21,28-29H,19-20,22-24H2,1-4H3/t28-,29+/m0/s1. The predicted octanol–water partition coefficient (Wildman–Crippen LogP) is 6.94. The van der Waals surface area contributed by atoms with E-state index in [4.69, 9.17) is 14.2 Å². The molecule has 2 aromatic heterocycles. The summed E-state index contributed by atoms with van der Waals surface area (Å²) in [5, 5.41) is 0. The van der Waals surface area contributed by atoms with E-state index in [1.165, 1.54) is 4.90 Å². The van der Waals surface area contributed by atoms with Crippen LogP contribution in [0.5, 0.6) is 11.8 Å². The average molecular weight is 639 g/mol. The van der Waals surface area contributed by atoms with Gasteiger partial charge in [0.25, 0.3) is 0 Å². The molecule has 0 N–H and O–H groups in total. The van der Waals surface area contributed by atoms with Gasteiger partial charge in [0.2, 0.25) is 11.8 Å². The fourth-order valence-corrected chi connectivity index (χ4v) is 5.82. The number of rotatable bonds is 8. The van der Waals surface area contributed by atoms with Crippen molar-refractivity contribution in [3.8, 4) is 17.4 Å². The van der Waals surface area contributed by atoms with Gasteiger partial charge >= 0.3 is 11.8 Å². The Morgan fingerprint density at radius 1 is 0.894 bits per heavy atom. The number of nitrogens with zero attached hydrogens (tertiary/aromatic N) is 4. The number of carbonyl (C=O) groups excluding carboxylic acids is 1. The molecular formula is C37H39FN4O5. The molecule has 0 unspecified atom stereocenters. The highest BCUT2D eigenvalue weighted by atomic mass is 19.1. The van der Waals surface area contributed by atoms with Crippen LogP contribution in [0.1, 0.15) is 49.8 Å². The van der Waals surface area contributed by atoms with Crippen LogP contribution in [0.15, 0.2) is 95.8 Å². The monoisotopic (exact) mass is 638 g/mol. The van der Waals surface area contributed by atoms with Gasteiger partial charge in [-0.2, -0.15) is 4.98 Å². The van der Waals surface area contributed by atoms with E-state index in [2.05, 4.69) is 4.98 Å². The van der Waals surface area contributed by atoms with Crippen LogP contribution < -0.4 is 15.2 Å². The highest BCUT2D eigenvalue weighted by molar-refractivity contribution is 5.80. The molecule has 10 heteroatoms. The molecule has 6 rings (SSSR count). The zero-order valence-corrected chi connectivity index (χ0v) is 27.1. The molecule has 1 fully saturated rings. The Kier molecular flexibility index (Phi) is 9.02. The van der Waals surface area contributed by atoms with Gasteiger partial charge in [0.1, 0.15) is 30.7 Å². The summed E-state index contributed by atoms with van der Waals surface area (Å²) in [6.07, 6.45) is -1.35. The maximum Gasteiger partial charge on any atom is 0.410 e. The summed E-state index contributed by atoms with van der Waals surface area (Å²) < 4.78 is 36.3. The lowest BCUT2D eigenvalue weighted by Crippen LogP contribution is -2.46. The van der Waals surface area contributed by atoms with Gasteiger partial charge in [-0.15, -0.1) is 0 Å². The second kappa shape index (κ2) is 13.3. The molecule has 2 atom stereocenters.